The highest BCUT2D eigenvalue weighted by Gasteiger charge is 2.24. The van der Waals surface area contributed by atoms with Crippen molar-refractivity contribution in [2.24, 2.45) is 4.99 Å². The number of amides is 1. The van der Waals surface area contributed by atoms with Gasteiger partial charge in [-0.1, -0.05) is 0 Å². The number of ether oxygens (including phenoxy) is 1. The van der Waals surface area contributed by atoms with Crippen molar-refractivity contribution in [1.29, 1.82) is 0 Å². The Morgan fingerprint density at radius 1 is 1.27 bits per heavy atom. The van der Waals surface area contributed by atoms with Gasteiger partial charge in [-0.25, -0.2) is 4.79 Å². The van der Waals surface area contributed by atoms with E-state index < -0.39 is 27.7 Å². The number of Topliss-reactive ketones (excluding diaryl/α,β-unsaturated/α-hetero) is 1. The molecule has 0 aromatic rings. The van der Waals surface area contributed by atoms with E-state index in [1.165, 1.54) is 6.92 Å². The monoisotopic (exact) mass is 333 g/mol. The SMILES string of the molecule is CN=C(CCC(NC(=O)OC(C)(C)C)C(C)=O)C[S+](C)(C)=O. The fourth-order valence-electron chi connectivity index (χ4n) is 1.79. The fraction of sp³-hybridized carbons (Fsp3) is 0.800. The molecule has 0 aromatic heterocycles. The first kappa shape index (κ1) is 20.8. The van der Waals surface area contributed by atoms with Crippen LogP contribution >= 0.6 is 0 Å². The Balaban J connectivity index is 4.63. The lowest BCUT2D eigenvalue weighted by Gasteiger charge is -2.22. The normalized spacial score (nSPS) is 14.4. The van der Waals surface area contributed by atoms with E-state index in [1.807, 2.05) is 0 Å². The molecular weight excluding hydrogens is 304 g/mol. The van der Waals surface area contributed by atoms with Gasteiger partial charge in [-0.2, -0.15) is 0 Å². The maximum absolute atomic E-state index is 11.8. The van der Waals surface area contributed by atoms with Crippen molar-refractivity contribution in [3.8, 4) is 0 Å². The lowest BCUT2D eigenvalue weighted by molar-refractivity contribution is -0.119. The quantitative estimate of drug-likeness (QED) is 0.571. The topological polar surface area (TPSA) is 84.8 Å². The predicted octanol–water partition coefficient (Wildman–Crippen LogP) is 2.08. The number of rotatable bonds is 7. The number of carbonyl (C=O) groups is 2. The Morgan fingerprint density at radius 2 is 1.82 bits per heavy atom. The van der Waals surface area contributed by atoms with Crippen LogP contribution < -0.4 is 5.32 Å². The van der Waals surface area contributed by atoms with Crippen LogP contribution in [0.25, 0.3) is 0 Å². The lowest BCUT2D eigenvalue weighted by atomic mass is 10.1. The number of hydrogen-bond donors (Lipinski definition) is 1. The van der Waals surface area contributed by atoms with Crippen LogP contribution in [0.5, 0.6) is 0 Å². The molecule has 0 aliphatic carbocycles. The molecule has 7 heteroatoms. The highest BCUT2D eigenvalue weighted by atomic mass is 32.2. The first-order valence-corrected chi connectivity index (χ1v) is 9.75. The first-order chi connectivity index (χ1) is 9.84. The number of hydrogen-bond acceptors (Lipinski definition) is 5. The second-order valence-corrected chi connectivity index (χ2v) is 9.88. The molecule has 1 N–H and O–H groups in total. The minimum absolute atomic E-state index is 0.143. The van der Waals surface area contributed by atoms with Crippen LogP contribution in [0.3, 0.4) is 0 Å². The maximum Gasteiger partial charge on any atom is 0.408 e. The summed E-state index contributed by atoms with van der Waals surface area (Å²) in [5.41, 5.74) is 0.171. The second kappa shape index (κ2) is 8.41. The molecule has 128 valence electrons. The van der Waals surface area contributed by atoms with Crippen LogP contribution in [0.15, 0.2) is 4.99 Å². The molecule has 0 saturated heterocycles. The van der Waals surface area contributed by atoms with Gasteiger partial charge in [0.05, 0.1) is 21.7 Å². The molecule has 1 atom stereocenters. The number of ketones is 1. The molecule has 0 aliphatic rings. The van der Waals surface area contributed by atoms with Crippen LogP contribution in [0.1, 0.15) is 40.5 Å². The molecule has 1 unspecified atom stereocenters. The summed E-state index contributed by atoms with van der Waals surface area (Å²) in [7, 11) is -0.285. The van der Waals surface area contributed by atoms with E-state index in [2.05, 4.69) is 10.3 Å². The Bertz CT molecular complexity index is 474. The maximum atomic E-state index is 11.8. The van der Waals surface area contributed by atoms with Crippen LogP contribution in [0.2, 0.25) is 0 Å². The van der Waals surface area contributed by atoms with Crippen molar-refractivity contribution >= 4 is 27.5 Å². The predicted molar refractivity (Wildman–Crippen MR) is 91.2 cm³/mol. The zero-order chi connectivity index (χ0) is 17.6. The van der Waals surface area contributed by atoms with Gasteiger partial charge in [-0.05, 0) is 40.5 Å². The molecule has 0 aliphatic heterocycles. The second-order valence-electron chi connectivity index (χ2n) is 6.72. The van der Waals surface area contributed by atoms with Crippen molar-refractivity contribution < 1.29 is 18.5 Å². The summed E-state index contributed by atoms with van der Waals surface area (Å²) in [6.45, 7) is 6.70. The first-order valence-electron chi connectivity index (χ1n) is 7.20. The molecule has 0 spiro atoms. The summed E-state index contributed by atoms with van der Waals surface area (Å²) < 4.78 is 17.0. The molecule has 0 radical (unpaired) electrons. The molecule has 0 saturated carbocycles. The number of nitrogens with one attached hydrogen (secondary N) is 1. The van der Waals surface area contributed by atoms with Crippen LogP contribution in [-0.4, -0.2) is 54.5 Å². The average molecular weight is 333 g/mol. The van der Waals surface area contributed by atoms with E-state index in [1.54, 1.807) is 40.3 Å². The summed E-state index contributed by atoms with van der Waals surface area (Å²) in [6, 6.07) is -0.628. The fourth-order valence-corrected chi connectivity index (χ4v) is 2.86. The van der Waals surface area contributed by atoms with Crippen molar-refractivity contribution in [3.63, 3.8) is 0 Å². The van der Waals surface area contributed by atoms with Gasteiger partial charge in [0.2, 0.25) is 0 Å². The zero-order valence-electron chi connectivity index (χ0n) is 14.7. The van der Waals surface area contributed by atoms with E-state index in [0.29, 0.717) is 18.6 Å². The van der Waals surface area contributed by atoms with Crippen molar-refractivity contribution in [2.45, 2.75) is 52.2 Å². The van der Waals surface area contributed by atoms with Gasteiger partial charge in [0.25, 0.3) is 0 Å². The highest BCUT2D eigenvalue weighted by Crippen LogP contribution is 2.09. The Labute approximate surface area is 134 Å². The van der Waals surface area contributed by atoms with E-state index in [-0.39, 0.29) is 5.78 Å². The summed E-state index contributed by atoms with van der Waals surface area (Å²) in [4.78, 5) is 27.5. The summed E-state index contributed by atoms with van der Waals surface area (Å²) in [5.74, 6) is 0.260. The Hall–Kier alpha value is -1.24. The smallest absolute Gasteiger partial charge is 0.408 e. The standard InChI is InChI=1S/C15H28N2O4S/c1-11(18)13(17-14(19)21-15(2,3)4)9-8-12(16-5)10-22(6,7)20/h13H,8-10H2,1-7H3/p+1. The van der Waals surface area contributed by atoms with E-state index in [4.69, 9.17) is 4.74 Å². The number of aliphatic imine (C=N–C) groups is 1. The molecule has 1 amide bonds. The van der Waals surface area contributed by atoms with Crippen molar-refractivity contribution in [3.05, 3.63) is 0 Å². The van der Waals surface area contributed by atoms with Crippen LogP contribution in [0.4, 0.5) is 4.79 Å². The molecule has 0 bridgehead atoms. The van der Waals surface area contributed by atoms with Crippen LogP contribution in [-0.2, 0) is 23.7 Å². The van der Waals surface area contributed by atoms with Gasteiger partial charge in [0.15, 0.2) is 5.78 Å². The van der Waals surface area contributed by atoms with Crippen molar-refractivity contribution in [2.75, 3.05) is 25.3 Å². The third kappa shape index (κ3) is 10.5. The number of nitrogens with zero attached hydrogens (tertiary/aromatic N) is 1. The summed E-state index contributed by atoms with van der Waals surface area (Å²) >= 11 is 0. The van der Waals surface area contributed by atoms with Crippen LogP contribution in [0, 0.1) is 0 Å². The molecule has 22 heavy (non-hydrogen) atoms. The molecule has 0 heterocycles. The Kier molecular flexibility index (Phi) is 7.93. The van der Waals surface area contributed by atoms with E-state index in [9.17, 15) is 13.8 Å². The molecule has 6 nitrogen and oxygen atoms in total. The third-order valence-corrected chi connectivity index (χ3v) is 3.76. The minimum Gasteiger partial charge on any atom is -0.444 e. The average Bonchev–Trinajstić information content (AvgIpc) is 2.28. The highest BCUT2D eigenvalue weighted by molar-refractivity contribution is 8.02. The van der Waals surface area contributed by atoms with E-state index in [0.717, 1.165) is 5.71 Å². The zero-order valence-corrected chi connectivity index (χ0v) is 15.5. The third-order valence-electron chi connectivity index (χ3n) is 2.73. The molecule has 0 rings (SSSR count). The van der Waals surface area contributed by atoms with Gasteiger partial charge in [-0.3, -0.25) is 9.79 Å². The number of alkyl carbamates (subject to hydrolysis) is 1. The minimum atomic E-state index is -1.93. The summed E-state index contributed by atoms with van der Waals surface area (Å²) in [5, 5.41) is 2.58. The van der Waals surface area contributed by atoms with Gasteiger partial charge >= 0.3 is 6.09 Å². The van der Waals surface area contributed by atoms with Gasteiger partial charge in [-0.15, -0.1) is 4.21 Å². The largest absolute Gasteiger partial charge is 0.444 e. The lowest BCUT2D eigenvalue weighted by Crippen LogP contribution is -2.43. The molecule has 0 fully saturated rings. The summed E-state index contributed by atoms with van der Waals surface area (Å²) in [6.07, 6.45) is 3.67. The van der Waals surface area contributed by atoms with E-state index >= 15 is 0 Å². The Morgan fingerprint density at radius 3 is 2.18 bits per heavy atom. The molecular formula is C15H29N2O4S+. The number of carbonyl (C=O) groups excluding carboxylic acids is 2. The van der Waals surface area contributed by atoms with Gasteiger partial charge in [0.1, 0.15) is 23.9 Å². The van der Waals surface area contributed by atoms with Crippen molar-refractivity contribution in [1.82, 2.24) is 5.32 Å². The van der Waals surface area contributed by atoms with Gasteiger partial charge in [0, 0.05) is 7.05 Å². The van der Waals surface area contributed by atoms with Gasteiger partial charge < -0.3 is 10.1 Å². The molecule has 0 aromatic carbocycles.